The number of hydrogen-bond donors (Lipinski definition) is 2. The minimum Gasteiger partial charge on any atom is -0.491 e. The SMILES string of the molecule is C.C[C@H](NC(=O)OC(C)(C)C)C(=O)N[C@H](C(=O)N1CCC[C@H]1c1nc(C(=O)c2cccc(OCCOCCOCCOCCOC=O)c2)cs1)C1CCCCC1. The van der Waals surface area contributed by atoms with Crippen LogP contribution in [0.15, 0.2) is 29.6 Å². The molecule has 4 rings (SSSR count). The van der Waals surface area contributed by atoms with Crippen molar-refractivity contribution in [1.29, 1.82) is 0 Å². The van der Waals surface area contributed by atoms with Gasteiger partial charge in [0.1, 0.15) is 47.3 Å². The van der Waals surface area contributed by atoms with Crippen molar-refractivity contribution in [3.05, 3.63) is 45.9 Å². The Morgan fingerprint density at radius 1 is 0.911 bits per heavy atom. The van der Waals surface area contributed by atoms with E-state index >= 15 is 0 Å². The zero-order valence-electron chi connectivity index (χ0n) is 32.4. The first-order chi connectivity index (χ1) is 26.5. The minimum atomic E-state index is -0.904. The van der Waals surface area contributed by atoms with Gasteiger partial charge in [0.2, 0.25) is 17.6 Å². The number of rotatable bonds is 22. The van der Waals surface area contributed by atoms with Crippen LogP contribution in [0.1, 0.15) is 107 Å². The third-order valence-electron chi connectivity index (χ3n) is 9.14. The van der Waals surface area contributed by atoms with Crippen molar-refractivity contribution in [2.24, 2.45) is 5.92 Å². The van der Waals surface area contributed by atoms with E-state index in [-0.39, 0.29) is 44.3 Å². The van der Waals surface area contributed by atoms with Gasteiger partial charge in [0, 0.05) is 17.5 Å². The molecule has 2 aromatic rings. The molecule has 2 fully saturated rings. The number of carbonyl (C=O) groups excluding carboxylic acids is 5. The predicted octanol–water partition coefficient (Wildman–Crippen LogP) is 5.25. The van der Waals surface area contributed by atoms with Crippen LogP contribution in [0, 0.1) is 5.92 Å². The maximum absolute atomic E-state index is 14.3. The molecule has 56 heavy (non-hydrogen) atoms. The van der Waals surface area contributed by atoms with E-state index in [4.69, 9.17) is 28.7 Å². The van der Waals surface area contributed by atoms with Gasteiger partial charge in [0.15, 0.2) is 0 Å². The summed E-state index contributed by atoms with van der Waals surface area (Å²) in [6.07, 6.45) is 5.46. The van der Waals surface area contributed by atoms with Crippen molar-refractivity contribution < 1.29 is 52.4 Å². The Bertz CT molecular complexity index is 1540. The number of carbonyl (C=O) groups is 5. The summed E-state index contributed by atoms with van der Waals surface area (Å²) in [6.45, 7) is 10.4. The summed E-state index contributed by atoms with van der Waals surface area (Å²) in [5.41, 5.74) is 0.00282. The maximum Gasteiger partial charge on any atom is 0.408 e. The lowest BCUT2D eigenvalue weighted by Crippen LogP contribution is -2.56. The Morgan fingerprint density at radius 3 is 2.23 bits per heavy atom. The van der Waals surface area contributed by atoms with E-state index in [0.29, 0.717) is 81.1 Å². The monoisotopic (exact) mass is 804 g/mol. The van der Waals surface area contributed by atoms with Gasteiger partial charge in [-0.05, 0) is 71.4 Å². The molecular weight excluding hydrogens is 745 g/mol. The van der Waals surface area contributed by atoms with Gasteiger partial charge in [-0.25, -0.2) is 9.78 Å². The number of thiazole rings is 1. The van der Waals surface area contributed by atoms with E-state index in [2.05, 4.69) is 15.4 Å². The third-order valence-corrected chi connectivity index (χ3v) is 10.1. The lowest BCUT2D eigenvalue weighted by atomic mass is 9.83. The van der Waals surface area contributed by atoms with E-state index in [0.717, 1.165) is 38.5 Å². The molecule has 15 nitrogen and oxygen atoms in total. The largest absolute Gasteiger partial charge is 0.491 e. The molecule has 0 radical (unpaired) electrons. The van der Waals surface area contributed by atoms with Gasteiger partial charge in [-0.1, -0.05) is 38.8 Å². The lowest BCUT2D eigenvalue weighted by molar-refractivity contribution is -0.139. The van der Waals surface area contributed by atoms with Gasteiger partial charge < -0.3 is 44.0 Å². The van der Waals surface area contributed by atoms with Crippen LogP contribution in [-0.4, -0.2) is 117 Å². The van der Waals surface area contributed by atoms with Crippen molar-refractivity contribution in [2.75, 3.05) is 59.4 Å². The molecule has 1 saturated heterocycles. The fourth-order valence-electron chi connectivity index (χ4n) is 6.48. The van der Waals surface area contributed by atoms with Gasteiger partial charge in [0.25, 0.3) is 6.47 Å². The number of ketones is 1. The number of aromatic nitrogens is 1. The maximum atomic E-state index is 14.3. The van der Waals surface area contributed by atoms with Crippen LogP contribution in [-0.2, 0) is 38.1 Å². The second-order valence-corrected chi connectivity index (χ2v) is 15.4. The number of likely N-dealkylation sites (tertiary alicyclic amines) is 1. The number of hydrogen-bond acceptors (Lipinski definition) is 13. The molecule has 312 valence electrons. The van der Waals surface area contributed by atoms with Crippen LogP contribution < -0.4 is 15.4 Å². The molecule has 2 aliphatic rings. The van der Waals surface area contributed by atoms with E-state index in [1.54, 1.807) is 62.2 Å². The Kier molecular flexibility index (Phi) is 19.7. The number of alkyl carbamates (subject to hydrolysis) is 1. The summed E-state index contributed by atoms with van der Waals surface area (Å²) in [6, 6.07) is 4.93. The second-order valence-electron chi connectivity index (χ2n) is 14.5. The molecule has 0 unspecified atom stereocenters. The molecule has 2 heterocycles. The van der Waals surface area contributed by atoms with E-state index in [9.17, 15) is 24.0 Å². The van der Waals surface area contributed by atoms with E-state index in [1.807, 2.05) is 0 Å². The average molecular weight is 805 g/mol. The standard InChI is InChI=1S/C39H56N4O11S.CH4/c1-27(40-38(48)54-39(2,3)4)35(46)42-33(28-10-6-5-7-11-28)37(47)43-15-9-14-32(43)36-41-31(25-55-36)34(45)29-12-8-13-30(24-29)53-23-22-51-19-18-49-16-17-50-20-21-52-26-44;/h8,12-13,24-28,32-33H,5-7,9-11,14-23H2,1-4H3,(H,40,48)(H,42,46);1H4/t27-,32-,33-;/m0./s1. The van der Waals surface area contributed by atoms with Crippen LogP contribution in [0.25, 0.3) is 0 Å². The summed E-state index contributed by atoms with van der Waals surface area (Å²) in [7, 11) is 0. The van der Waals surface area contributed by atoms with Gasteiger partial charge >= 0.3 is 6.09 Å². The highest BCUT2D eigenvalue weighted by Crippen LogP contribution is 2.36. The zero-order valence-corrected chi connectivity index (χ0v) is 33.2. The summed E-state index contributed by atoms with van der Waals surface area (Å²) < 4.78 is 31.9. The molecule has 1 aliphatic heterocycles. The van der Waals surface area contributed by atoms with Crippen LogP contribution in [0.4, 0.5) is 4.79 Å². The molecule has 1 aromatic heterocycles. The van der Waals surface area contributed by atoms with Crippen molar-refractivity contribution in [3.63, 3.8) is 0 Å². The number of ether oxygens (including phenoxy) is 6. The van der Waals surface area contributed by atoms with Crippen LogP contribution in [0.3, 0.4) is 0 Å². The number of benzene rings is 1. The number of amides is 3. The summed E-state index contributed by atoms with van der Waals surface area (Å²) >= 11 is 1.35. The molecule has 0 spiro atoms. The normalized spacial score (nSPS) is 16.9. The molecule has 1 aromatic carbocycles. The molecule has 1 aliphatic carbocycles. The zero-order chi connectivity index (χ0) is 39.6. The Labute approximate surface area is 334 Å². The predicted molar refractivity (Wildman–Crippen MR) is 210 cm³/mol. The number of nitrogens with zero attached hydrogens (tertiary/aromatic N) is 2. The molecule has 1 saturated carbocycles. The number of nitrogens with one attached hydrogen (secondary N) is 2. The molecule has 2 N–H and O–H groups in total. The highest BCUT2D eigenvalue weighted by atomic mass is 32.1. The fourth-order valence-corrected chi connectivity index (χ4v) is 7.42. The van der Waals surface area contributed by atoms with Crippen molar-refractivity contribution in [3.8, 4) is 5.75 Å². The van der Waals surface area contributed by atoms with E-state index in [1.165, 1.54) is 11.3 Å². The van der Waals surface area contributed by atoms with Gasteiger partial charge in [-0.15, -0.1) is 11.3 Å². The minimum absolute atomic E-state index is 0. The van der Waals surface area contributed by atoms with Crippen molar-refractivity contribution in [2.45, 2.75) is 104 Å². The van der Waals surface area contributed by atoms with Crippen molar-refractivity contribution >= 4 is 41.5 Å². The molecule has 16 heteroatoms. The Morgan fingerprint density at radius 2 is 1.57 bits per heavy atom. The summed E-state index contributed by atoms with van der Waals surface area (Å²) in [4.78, 5) is 70.1. The van der Waals surface area contributed by atoms with Gasteiger partial charge in [0.05, 0.1) is 45.7 Å². The quantitative estimate of drug-likeness (QED) is 0.0898. The average Bonchev–Trinajstić information content (AvgIpc) is 3.85. The summed E-state index contributed by atoms with van der Waals surface area (Å²) in [5, 5.41) is 7.96. The smallest absolute Gasteiger partial charge is 0.408 e. The molecule has 3 atom stereocenters. The first-order valence-electron chi connectivity index (χ1n) is 19.1. The van der Waals surface area contributed by atoms with Crippen LogP contribution in [0.5, 0.6) is 5.75 Å². The first kappa shape index (κ1) is 46.3. The summed E-state index contributed by atoms with van der Waals surface area (Å²) in [5.74, 6) is -0.370. The van der Waals surface area contributed by atoms with Crippen LogP contribution in [0.2, 0.25) is 0 Å². The third kappa shape index (κ3) is 15.1. The molecule has 0 bridgehead atoms. The van der Waals surface area contributed by atoms with Gasteiger partial charge in [-0.2, -0.15) is 0 Å². The van der Waals surface area contributed by atoms with Gasteiger partial charge in [-0.3, -0.25) is 19.2 Å². The lowest BCUT2D eigenvalue weighted by Gasteiger charge is -2.35. The van der Waals surface area contributed by atoms with Crippen LogP contribution >= 0.6 is 11.3 Å². The van der Waals surface area contributed by atoms with E-state index < -0.39 is 29.7 Å². The molecular formula is C40H60N4O11S. The highest BCUT2D eigenvalue weighted by molar-refractivity contribution is 7.10. The first-order valence-corrected chi connectivity index (χ1v) is 20.0. The van der Waals surface area contributed by atoms with Crippen molar-refractivity contribution in [1.82, 2.24) is 20.5 Å². The Hall–Kier alpha value is -4.12. The highest BCUT2D eigenvalue weighted by Gasteiger charge is 2.40. The molecule has 3 amide bonds. The Balaban J connectivity index is 0.00000841. The second kappa shape index (κ2) is 23.8. The fraction of sp³-hybridized carbons (Fsp3) is 0.650. The topological polar surface area (TPSA) is 181 Å².